The molecule has 0 radical (unpaired) electrons. The lowest BCUT2D eigenvalue weighted by atomic mass is 9.90. The van der Waals surface area contributed by atoms with Crippen LogP contribution in [-0.4, -0.2) is 28.9 Å². The van der Waals surface area contributed by atoms with Gasteiger partial charge in [-0.2, -0.15) is 0 Å². The molecule has 1 N–H and O–H groups in total. The predicted molar refractivity (Wildman–Crippen MR) is 98.2 cm³/mol. The number of rotatable bonds is 2. The quantitative estimate of drug-likeness (QED) is 0.759. The van der Waals surface area contributed by atoms with Crippen molar-refractivity contribution in [2.45, 2.75) is 25.4 Å². The van der Waals surface area contributed by atoms with E-state index in [1.165, 1.54) is 11.3 Å². The first-order valence-electron chi connectivity index (χ1n) is 8.34. The van der Waals surface area contributed by atoms with E-state index in [9.17, 15) is 9.90 Å². The Kier molecular flexibility index (Phi) is 2.99. The Morgan fingerprint density at radius 1 is 1.36 bits per heavy atom. The molecular formula is C19H16N2O3S. The van der Waals surface area contributed by atoms with E-state index in [0.717, 1.165) is 28.0 Å². The van der Waals surface area contributed by atoms with Gasteiger partial charge in [0.25, 0.3) is 0 Å². The molecule has 5 rings (SSSR count). The summed E-state index contributed by atoms with van der Waals surface area (Å²) in [7, 11) is 0. The van der Waals surface area contributed by atoms with Gasteiger partial charge < -0.3 is 14.4 Å². The summed E-state index contributed by atoms with van der Waals surface area (Å²) in [6.45, 7) is 2.60. The van der Waals surface area contributed by atoms with Gasteiger partial charge in [0.15, 0.2) is 11.4 Å². The number of ketones is 1. The van der Waals surface area contributed by atoms with Crippen LogP contribution in [0.4, 0.5) is 10.7 Å². The first-order valence-corrected chi connectivity index (χ1v) is 9.15. The number of aliphatic imine (C=N–C) groups is 1. The maximum absolute atomic E-state index is 12.9. The number of hydrogen-bond acceptors (Lipinski definition) is 6. The van der Waals surface area contributed by atoms with E-state index < -0.39 is 5.60 Å². The third-order valence-electron chi connectivity index (χ3n) is 5.01. The highest BCUT2D eigenvalue weighted by Crippen LogP contribution is 2.43. The van der Waals surface area contributed by atoms with Crippen molar-refractivity contribution in [3.63, 3.8) is 0 Å². The molecule has 1 saturated heterocycles. The SMILES string of the molecule is CCc1cc2c(s1)N=C1N(c3ccc4ccoc4c3)CC[C@@]1(O)C2=O. The number of aliphatic hydroxyl groups is 1. The maximum Gasteiger partial charge on any atom is 0.205 e. The molecule has 0 amide bonds. The van der Waals surface area contributed by atoms with E-state index in [4.69, 9.17) is 4.42 Å². The molecule has 0 bridgehead atoms. The number of fused-ring (bicyclic) bond motifs is 3. The van der Waals surface area contributed by atoms with Gasteiger partial charge in [-0.15, -0.1) is 11.3 Å². The van der Waals surface area contributed by atoms with Gasteiger partial charge in [-0.05, 0) is 30.7 Å². The van der Waals surface area contributed by atoms with Gasteiger partial charge in [0.2, 0.25) is 5.78 Å². The van der Waals surface area contributed by atoms with Crippen molar-refractivity contribution < 1.29 is 14.3 Å². The average Bonchev–Trinajstić information content (AvgIpc) is 3.32. The fourth-order valence-electron chi connectivity index (χ4n) is 3.62. The molecule has 6 heteroatoms. The number of Topliss-reactive ketones (excluding diaryl/α,β-unsaturated/α-hetero) is 1. The number of carbonyl (C=O) groups is 1. The number of hydrogen-bond donors (Lipinski definition) is 1. The summed E-state index contributed by atoms with van der Waals surface area (Å²) in [6.07, 6.45) is 2.85. The molecule has 3 aromatic rings. The number of furan rings is 1. The van der Waals surface area contributed by atoms with Crippen LogP contribution in [0.2, 0.25) is 0 Å². The molecule has 0 saturated carbocycles. The van der Waals surface area contributed by atoms with E-state index in [1.807, 2.05) is 35.2 Å². The van der Waals surface area contributed by atoms with Crippen molar-refractivity contribution in [3.8, 4) is 0 Å². The van der Waals surface area contributed by atoms with E-state index in [0.29, 0.717) is 29.4 Å². The fourth-order valence-corrected chi connectivity index (χ4v) is 4.58. The van der Waals surface area contributed by atoms with Crippen LogP contribution in [0.5, 0.6) is 0 Å². The number of benzene rings is 1. The molecule has 4 heterocycles. The standard InChI is InChI=1S/C19H16N2O3S/c1-2-13-10-14-16(22)19(23)6-7-21(18(19)20-17(14)25-13)12-4-3-11-5-8-24-15(11)9-12/h3-5,8-10,23H,2,6-7H2,1H3/t19-/m1/s1. The Bertz CT molecular complexity index is 1050. The van der Waals surface area contributed by atoms with E-state index in [-0.39, 0.29) is 5.78 Å². The Labute approximate surface area is 148 Å². The summed E-state index contributed by atoms with van der Waals surface area (Å²) in [4.78, 5) is 20.6. The van der Waals surface area contributed by atoms with Crippen molar-refractivity contribution >= 4 is 44.6 Å². The van der Waals surface area contributed by atoms with Gasteiger partial charge >= 0.3 is 0 Å². The average molecular weight is 352 g/mol. The number of nitrogens with zero attached hydrogens (tertiary/aromatic N) is 2. The highest BCUT2D eigenvalue weighted by Gasteiger charge is 2.52. The second-order valence-corrected chi connectivity index (χ2v) is 7.57. The molecule has 0 unspecified atom stereocenters. The predicted octanol–water partition coefficient (Wildman–Crippen LogP) is 3.92. The highest BCUT2D eigenvalue weighted by molar-refractivity contribution is 7.16. The Morgan fingerprint density at radius 2 is 2.24 bits per heavy atom. The minimum absolute atomic E-state index is 0.231. The van der Waals surface area contributed by atoms with Crippen LogP contribution in [0.1, 0.15) is 28.6 Å². The van der Waals surface area contributed by atoms with Crippen LogP contribution in [-0.2, 0) is 6.42 Å². The van der Waals surface area contributed by atoms with E-state index in [2.05, 4.69) is 11.9 Å². The molecule has 5 nitrogen and oxygen atoms in total. The van der Waals surface area contributed by atoms with Crippen molar-refractivity contribution in [3.05, 3.63) is 47.0 Å². The lowest BCUT2D eigenvalue weighted by Crippen LogP contribution is -2.48. The van der Waals surface area contributed by atoms with Gasteiger partial charge in [0, 0.05) is 35.0 Å². The van der Waals surface area contributed by atoms with Crippen molar-refractivity contribution in [2.75, 3.05) is 11.4 Å². The molecule has 1 atom stereocenters. The van der Waals surface area contributed by atoms with Gasteiger partial charge in [0.05, 0.1) is 11.8 Å². The van der Waals surface area contributed by atoms with Crippen LogP contribution in [0.3, 0.4) is 0 Å². The number of thiophene rings is 1. The third-order valence-corrected chi connectivity index (χ3v) is 6.19. The minimum atomic E-state index is -1.53. The second kappa shape index (κ2) is 5.03. The summed E-state index contributed by atoms with van der Waals surface area (Å²) in [5.41, 5.74) is 0.676. The summed E-state index contributed by atoms with van der Waals surface area (Å²) in [5.74, 6) is 0.199. The molecule has 0 spiro atoms. The zero-order valence-corrected chi connectivity index (χ0v) is 14.5. The van der Waals surface area contributed by atoms with Crippen LogP contribution >= 0.6 is 11.3 Å². The first-order chi connectivity index (χ1) is 12.1. The Morgan fingerprint density at radius 3 is 3.08 bits per heavy atom. The molecule has 0 aliphatic carbocycles. The summed E-state index contributed by atoms with van der Waals surface area (Å²) < 4.78 is 5.48. The molecule has 2 aliphatic rings. The maximum atomic E-state index is 12.9. The minimum Gasteiger partial charge on any atom is -0.464 e. The molecule has 126 valence electrons. The molecule has 25 heavy (non-hydrogen) atoms. The monoisotopic (exact) mass is 352 g/mol. The Balaban J connectivity index is 1.65. The molecular weight excluding hydrogens is 336 g/mol. The number of amidine groups is 1. The zero-order valence-electron chi connectivity index (χ0n) is 13.7. The van der Waals surface area contributed by atoms with Crippen LogP contribution in [0, 0.1) is 0 Å². The number of carbonyl (C=O) groups excluding carboxylic acids is 1. The van der Waals surface area contributed by atoms with E-state index in [1.54, 1.807) is 6.26 Å². The van der Waals surface area contributed by atoms with E-state index >= 15 is 0 Å². The fraction of sp³-hybridized carbons (Fsp3) is 0.263. The third kappa shape index (κ3) is 1.98. The Hall–Kier alpha value is -2.44. The normalized spacial score (nSPS) is 22.2. The zero-order chi connectivity index (χ0) is 17.2. The first kappa shape index (κ1) is 14.9. The van der Waals surface area contributed by atoms with Gasteiger partial charge in [-0.1, -0.05) is 6.92 Å². The lowest BCUT2D eigenvalue weighted by molar-refractivity contribution is 0.0603. The number of aryl methyl sites for hydroxylation is 1. The lowest BCUT2D eigenvalue weighted by Gasteiger charge is -2.28. The van der Waals surface area contributed by atoms with Crippen LogP contribution in [0.15, 0.2) is 46.0 Å². The molecule has 1 aromatic carbocycles. The largest absolute Gasteiger partial charge is 0.464 e. The number of anilines is 1. The van der Waals surface area contributed by atoms with Crippen molar-refractivity contribution in [1.29, 1.82) is 0 Å². The van der Waals surface area contributed by atoms with Gasteiger partial charge in [-0.25, -0.2) is 4.99 Å². The van der Waals surface area contributed by atoms with Crippen LogP contribution in [0.25, 0.3) is 11.0 Å². The molecule has 2 aliphatic heterocycles. The summed E-state index contributed by atoms with van der Waals surface area (Å²) in [6, 6.07) is 9.65. The smallest absolute Gasteiger partial charge is 0.205 e. The molecule has 2 aromatic heterocycles. The van der Waals surface area contributed by atoms with Gasteiger partial charge in [-0.3, -0.25) is 4.79 Å². The summed E-state index contributed by atoms with van der Waals surface area (Å²) >= 11 is 1.52. The second-order valence-electron chi connectivity index (χ2n) is 6.45. The highest BCUT2D eigenvalue weighted by atomic mass is 32.1. The van der Waals surface area contributed by atoms with Crippen molar-refractivity contribution in [1.82, 2.24) is 0 Å². The summed E-state index contributed by atoms with van der Waals surface area (Å²) in [5, 5.41) is 12.8. The van der Waals surface area contributed by atoms with Gasteiger partial charge in [0.1, 0.15) is 10.6 Å². The van der Waals surface area contributed by atoms with Crippen molar-refractivity contribution in [2.24, 2.45) is 4.99 Å². The van der Waals surface area contributed by atoms with Crippen LogP contribution < -0.4 is 4.90 Å². The topological polar surface area (TPSA) is 66.0 Å². The molecule has 1 fully saturated rings.